The van der Waals surface area contributed by atoms with Crippen molar-refractivity contribution in [1.29, 1.82) is 0 Å². The Morgan fingerprint density at radius 1 is 1.06 bits per heavy atom. The smallest absolute Gasteiger partial charge is 0.254 e. The highest BCUT2D eigenvalue weighted by atomic mass is 35.5. The fraction of sp³-hybridized carbons (Fsp3) is 0.292. The second-order valence-electron chi connectivity index (χ2n) is 8.33. The van der Waals surface area contributed by atoms with Crippen LogP contribution in [-0.4, -0.2) is 54.0 Å². The molecule has 0 aliphatic carbocycles. The first-order valence-electron chi connectivity index (χ1n) is 11.1. The van der Waals surface area contributed by atoms with E-state index in [4.69, 9.17) is 11.6 Å². The summed E-state index contributed by atoms with van der Waals surface area (Å²) in [7, 11) is 3.76. The van der Waals surface area contributed by atoms with Gasteiger partial charge < -0.3 is 26.2 Å². The zero-order valence-electron chi connectivity index (χ0n) is 19.3. The summed E-state index contributed by atoms with van der Waals surface area (Å²) in [5, 5.41) is 12.1. The largest absolute Gasteiger partial charge is 0.387 e. The summed E-state index contributed by atoms with van der Waals surface area (Å²) in [5.74, 6) is -1.80. The second-order valence-corrected chi connectivity index (χ2v) is 8.74. The summed E-state index contributed by atoms with van der Waals surface area (Å²) in [6.45, 7) is 1.78. The van der Waals surface area contributed by atoms with E-state index >= 15 is 0 Å². The lowest BCUT2D eigenvalue weighted by Gasteiger charge is -2.29. The molecule has 0 unspecified atom stereocenters. The summed E-state index contributed by atoms with van der Waals surface area (Å²) in [6.07, 6.45) is 2.66. The van der Waals surface area contributed by atoms with Gasteiger partial charge in [-0.05, 0) is 69.4 Å². The van der Waals surface area contributed by atoms with Crippen LogP contribution >= 0.6 is 11.6 Å². The van der Waals surface area contributed by atoms with E-state index in [-0.39, 0.29) is 23.4 Å². The van der Waals surface area contributed by atoms with Crippen LogP contribution in [0, 0.1) is 11.6 Å². The van der Waals surface area contributed by atoms with E-state index < -0.39 is 17.5 Å². The van der Waals surface area contributed by atoms with Crippen molar-refractivity contribution in [3.63, 3.8) is 0 Å². The Bertz CT molecular complexity index is 1220. The Kier molecular flexibility index (Phi) is 7.62. The van der Waals surface area contributed by atoms with Gasteiger partial charge in [-0.25, -0.2) is 13.8 Å². The topological polar surface area (TPSA) is 94.2 Å². The van der Waals surface area contributed by atoms with Crippen LogP contribution in [-0.2, 0) is 0 Å². The first-order chi connectivity index (χ1) is 16.8. The number of amides is 1. The summed E-state index contributed by atoms with van der Waals surface area (Å²) in [6, 6.07) is 9.22. The van der Waals surface area contributed by atoms with Crippen LogP contribution in [0.2, 0.25) is 5.02 Å². The standard InChI is InChI=1S/C24H26ClF2N7O/c1-28-21-12-16(4-6-18(21)25)30-22-20(27)13-29-24(33-22)32-15-3-5-17(19(26)11-15)23(35)31-14-7-9-34(2)10-8-14/h3-6,11-14,28H,7-10H2,1-2H3,(H,31,35)(H2,29,30,32,33). The van der Waals surface area contributed by atoms with Gasteiger partial charge in [-0.3, -0.25) is 4.79 Å². The number of carbonyl (C=O) groups excluding carboxylic acids is 1. The molecule has 184 valence electrons. The van der Waals surface area contributed by atoms with E-state index in [0.717, 1.165) is 32.1 Å². The zero-order chi connectivity index (χ0) is 24.9. The molecule has 1 amide bonds. The molecule has 0 radical (unpaired) electrons. The molecule has 1 fully saturated rings. The molecule has 2 heterocycles. The third kappa shape index (κ3) is 6.14. The highest BCUT2D eigenvalue weighted by Crippen LogP contribution is 2.28. The maximum absolute atomic E-state index is 14.7. The Morgan fingerprint density at radius 2 is 1.77 bits per heavy atom. The maximum Gasteiger partial charge on any atom is 0.254 e. The molecule has 0 atom stereocenters. The summed E-state index contributed by atoms with van der Waals surface area (Å²) in [4.78, 5) is 22.8. The number of halogens is 3. The van der Waals surface area contributed by atoms with Gasteiger partial charge in [0.15, 0.2) is 11.6 Å². The van der Waals surface area contributed by atoms with Crippen LogP contribution in [0.4, 0.5) is 37.6 Å². The average molecular weight is 502 g/mol. The van der Waals surface area contributed by atoms with Gasteiger partial charge in [0.25, 0.3) is 5.91 Å². The summed E-state index contributed by atoms with van der Waals surface area (Å²) in [5.41, 5.74) is 1.51. The van der Waals surface area contributed by atoms with Crippen molar-refractivity contribution >= 4 is 46.3 Å². The molecule has 0 saturated carbocycles. The normalized spacial score (nSPS) is 14.4. The number of carbonyl (C=O) groups is 1. The van der Waals surface area contributed by atoms with Crippen molar-refractivity contribution in [2.75, 3.05) is 43.1 Å². The van der Waals surface area contributed by atoms with Crippen LogP contribution in [0.15, 0.2) is 42.6 Å². The first kappa shape index (κ1) is 24.6. The van der Waals surface area contributed by atoms with E-state index in [1.54, 1.807) is 31.3 Å². The van der Waals surface area contributed by atoms with Crippen LogP contribution < -0.4 is 21.3 Å². The number of rotatable bonds is 7. The Morgan fingerprint density at radius 3 is 2.49 bits per heavy atom. The number of likely N-dealkylation sites (tertiary alicyclic amines) is 1. The summed E-state index contributed by atoms with van der Waals surface area (Å²) >= 11 is 6.09. The van der Waals surface area contributed by atoms with Gasteiger partial charge in [-0.2, -0.15) is 4.98 Å². The SMILES string of the molecule is CNc1cc(Nc2nc(Nc3ccc(C(=O)NC4CCN(C)CC4)c(F)c3)ncc2F)ccc1Cl. The maximum atomic E-state index is 14.7. The first-order valence-corrected chi connectivity index (χ1v) is 11.5. The van der Waals surface area contributed by atoms with Crippen molar-refractivity contribution in [2.24, 2.45) is 0 Å². The van der Waals surface area contributed by atoms with Crippen LogP contribution in [0.1, 0.15) is 23.2 Å². The molecule has 1 aromatic heterocycles. The molecule has 11 heteroatoms. The number of hydrogen-bond acceptors (Lipinski definition) is 7. The number of benzene rings is 2. The predicted molar refractivity (Wildman–Crippen MR) is 134 cm³/mol. The lowest BCUT2D eigenvalue weighted by Crippen LogP contribution is -2.43. The number of anilines is 5. The summed E-state index contributed by atoms with van der Waals surface area (Å²) < 4.78 is 29.0. The van der Waals surface area contributed by atoms with Crippen molar-refractivity contribution in [3.05, 3.63) is 64.8 Å². The molecule has 8 nitrogen and oxygen atoms in total. The van der Waals surface area contributed by atoms with Gasteiger partial charge >= 0.3 is 0 Å². The minimum atomic E-state index is -0.679. The fourth-order valence-corrected chi connectivity index (χ4v) is 3.98. The van der Waals surface area contributed by atoms with Gasteiger partial charge in [-0.15, -0.1) is 0 Å². The van der Waals surface area contributed by atoms with Gasteiger partial charge in [0.05, 0.1) is 22.5 Å². The predicted octanol–water partition coefficient (Wildman–Crippen LogP) is 4.76. The lowest BCUT2D eigenvalue weighted by molar-refractivity contribution is 0.0913. The molecule has 4 rings (SSSR count). The number of hydrogen-bond donors (Lipinski definition) is 4. The van der Waals surface area contributed by atoms with Gasteiger partial charge in [-0.1, -0.05) is 11.6 Å². The molecule has 35 heavy (non-hydrogen) atoms. The quantitative estimate of drug-likeness (QED) is 0.371. The highest BCUT2D eigenvalue weighted by Gasteiger charge is 2.21. The number of piperidine rings is 1. The van der Waals surface area contributed by atoms with E-state index in [2.05, 4.69) is 36.1 Å². The van der Waals surface area contributed by atoms with Crippen molar-refractivity contribution < 1.29 is 13.6 Å². The van der Waals surface area contributed by atoms with E-state index in [1.165, 1.54) is 12.1 Å². The third-order valence-corrected chi connectivity index (χ3v) is 6.10. The monoisotopic (exact) mass is 501 g/mol. The Hall–Kier alpha value is -3.50. The van der Waals surface area contributed by atoms with Crippen molar-refractivity contribution in [3.8, 4) is 0 Å². The molecule has 4 N–H and O–H groups in total. The number of nitrogens with zero attached hydrogens (tertiary/aromatic N) is 3. The fourth-order valence-electron chi connectivity index (χ4n) is 3.77. The minimum absolute atomic E-state index is 0.0271. The second kappa shape index (κ2) is 10.8. The van der Waals surface area contributed by atoms with Gasteiger partial charge in [0.2, 0.25) is 5.95 Å². The molecule has 1 saturated heterocycles. The van der Waals surface area contributed by atoms with Crippen molar-refractivity contribution in [2.45, 2.75) is 18.9 Å². The third-order valence-electron chi connectivity index (χ3n) is 5.77. The Labute approximate surface area is 207 Å². The van der Waals surface area contributed by atoms with Gasteiger partial charge in [0.1, 0.15) is 5.82 Å². The zero-order valence-corrected chi connectivity index (χ0v) is 20.1. The molecule has 0 bridgehead atoms. The molecule has 2 aromatic carbocycles. The highest BCUT2D eigenvalue weighted by molar-refractivity contribution is 6.33. The molecule has 3 aromatic rings. The average Bonchev–Trinajstić information content (AvgIpc) is 2.84. The number of aromatic nitrogens is 2. The minimum Gasteiger partial charge on any atom is -0.387 e. The van der Waals surface area contributed by atoms with Crippen molar-refractivity contribution in [1.82, 2.24) is 20.2 Å². The number of nitrogens with one attached hydrogen (secondary N) is 4. The van der Waals surface area contributed by atoms with E-state index in [9.17, 15) is 13.6 Å². The van der Waals surface area contributed by atoms with E-state index in [0.29, 0.717) is 22.1 Å². The molecule has 1 aliphatic heterocycles. The van der Waals surface area contributed by atoms with Gasteiger partial charge in [0, 0.05) is 24.5 Å². The molecular weight excluding hydrogens is 476 g/mol. The Balaban J connectivity index is 1.44. The van der Waals surface area contributed by atoms with Crippen LogP contribution in [0.5, 0.6) is 0 Å². The molecule has 0 spiro atoms. The molecule has 1 aliphatic rings. The van der Waals surface area contributed by atoms with Crippen LogP contribution in [0.3, 0.4) is 0 Å². The van der Waals surface area contributed by atoms with Crippen LogP contribution in [0.25, 0.3) is 0 Å². The lowest BCUT2D eigenvalue weighted by atomic mass is 10.0. The molecular formula is C24H26ClF2N7O. The van der Waals surface area contributed by atoms with E-state index in [1.807, 2.05) is 7.05 Å².